The van der Waals surface area contributed by atoms with Gasteiger partial charge in [-0.05, 0) is 44.4 Å². The van der Waals surface area contributed by atoms with Crippen LogP contribution in [0.2, 0.25) is 0 Å². The average molecular weight is 401 g/mol. The van der Waals surface area contributed by atoms with Crippen molar-refractivity contribution < 1.29 is 31.8 Å². The fraction of sp³-hybridized carbons (Fsp3) is 0.500. The Kier molecular flexibility index (Phi) is 5.57. The first-order valence-corrected chi connectivity index (χ1v) is 8.89. The molecule has 10 heteroatoms. The number of halogens is 4. The molecule has 0 radical (unpaired) electrons. The van der Waals surface area contributed by atoms with Crippen molar-refractivity contribution in [2.75, 3.05) is 19.7 Å². The van der Waals surface area contributed by atoms with Gasteiger partial charge in [0.15, 0.2) is 0 Å². The van der Waals surface area contributed by atoms with Crippen LogP contribution < -0.4 is 0 Å². The van der Waals surface area contributed by atoms with E-state index in [1.165, 1.54) is 24.0 Å². The molecule has 1 atom stereocenters. The van der Waals surface area contributed by atoms with Crippen LogP contribution in [0.4, 0.5) is 17.6 Å². The standard InChI is InChI=1S/C18H19F4N3O3/c1-2-27-15(26)17(18(20,21)22)23-14(12-7-6-8-13(19)11-12)28-16(24-17)25-9-4-3-5-10-25/h6-8,11H,2-5,9-10H2,1H3/t17-/m0/s1. The number of rotatable bonds is 3. The highest BCUT2D eigenvalue weighted by Gasteiger charge is 2.65. The van der Waals surface area contributed by atoms with Crippen LogP contribution in [0.25, 0.3) is 0 Å². The second kappa shape index (κ2) is 7.76. The Bertz CT molecular complexity index is 804. The van der Waals surface area contributed by atoms with Crippen LogP contribution in [0.3, 0.4) is 0 Å². The zero-order chi connectivity index (χ0) is 20.4. The van der Waals surface area contributed by atoms with Crippen molar-refractivity contribution in [1.82, 2.24) is 4.90 Å². The molecule has 0 unspecified atom stereocenters. The van der Waals surface area contributed by atoms with Crippen molar-refractivity contribution in [2.24, 2.45) is 9.98 Å². The number of aliphatic imine (C=N–C) groups is 2. The fourth-order valence-corrected chi connectivity index (χ4v) is 2.97. The molecule has 0 bridgehead atoms. The molecule has 3 rings (SSSR count). The predicted molar refractivity (Wildman–Crippen MR) is 92.3 cm³/mol. The molecule has 0 N–H and O–H groups in total. The molecule has 152 valence electrons. The number of esters is 1. The molecule has 0 aliphatic carbocycles. The quantitative estimate of drug-likeness (QED) is 0.576. The minimum atomic E-state index is -5.18. The number of hydrogen-bond donors (Lipinski definition) is 0. The van der Waals surface area contributed by atoms with Gasteiger partial charge in [0.2, 0.25) is 5.90 Å². The second-order valence-electron chi connectivity index (χ2n) is 6.36. The van der Waals surface area contributed by atoms with Crippen LogP contribution in [0.1, 0.15) is 31.7 Å². The molecule has 1 saturated heterocycles. The lowest BCUT2D eigenvalue weighted by Gasteiger charge is -2.35. The zero-order valence-electron chi connectivity index (χ0n) is 15.1. The molecule has 1 fully saturated rings. The van der Waals surface area contributed by atoms with Gasteiger partial charge in [-0.1, -0.05) is 6.07 Å². The average Bonchev–Trinajstić information content (AvgIpc) is 2.67. The fourth-order valence-electron chi connectivity index (χ4n) is 2.97. The normalized spacial score (nSPS) is 22.8. The number of likely N-dealkylation sites (tertiary alicyclic amines) is 1. The lowest BCUT2D eigenvalue weighted by Crippen LogP contribution is -2.55. The van der Waals surface area contributed by atoms with E-state index in [2.05, 4.69) is 14.7 Å². The van der Waals surface area contributed by atoms with Gasteiger partial charge in [0.1, 0.15) is 5.82 Å². The monoisotopic (exact) mass is 401 g/mol. The molecule has 2 heterocycles. The Hall–Kier alpha value is -2.65. The van der Waals surface area contributed by atoms with Crippen molar-refractivity contribution >= 4 is 17.9 Å². The van der Waals surface area contributed by atoms with Crippen LogP contribution in [0.5, 0.6) is 0 Å². The molecule has 2 aliphatic heterocycles. The van der Waals surface area contributed by atoms with E-state index in [-0.39, 0.29) is 18.2 Å². The highest BCUT2D eigenvalue weighted by molar-refractivity contribution is 6.05. The van der Waals surface area contributed by atoms with E-state index in [0.717, 1.165) is 31.4 Å². The number of ether oxygens (including phenoxy) is 2. The van der Waals surface area contributed by atoms with Crippen molar-refractivity contribution in [3.8, 4) is 0 Å². The summed E-state index contributed by atoms with van der Waals surface area (Å²) >= 11 is 0. The Balaban J connectivity index is 2.14. The summed E-state index contributed by atoms with van der Waals surface area (Å²) < 4.78 is 65.8. The third kappa shape index (κ3) is 3.81. The summed E-state index contributed by atoms with van der Waals surface area (Å²) in [6.07, 6.45) is -2.76. The van der Waals surface area contributed by atoms with Gasteiger partial charge in [-0.25, -0.2) is 9.18 Å². The first-order chi connectivity index (χ1) is 13.3. The van der Waals surface area contributed by atoms with Gasteiger partial charge in [-0.2, -0.15) is 23.2 Å². The van der Waals surface area contributed by atoms with Crippen molar-refractivity contribution in [3.05, 3.63) is 35.6 Å². The van der Waals surface area contributed by atoms with Crippen LogP contribution in [0.15, 0.2) is 34.3 Å². The molecular weight excluding hydrogens is 382 g/mol. The van der Waals surface area contributed by atoms with Gasteiger partial charge >= 0.3 is 17.8 Å². The van der Waals surface area contributed by atoms with Gasteiger partial charge in [0.05, 0.1) is 6.61 Å². The highest BCUT2D eigenvalue weighted by Crippen LogP contribution is 2.39. The summed E-state index contributed by atoms with van der Waals surface area (Å²) in [5, 5.41) is 0. The summed E-state index contributed by atoms with van der Waals surface area (Å²) in [6, 6.07) is 4.38. The van der Waals surface area contributed by atoms with E-state index in [0.29, 0.717) is 13.1 Å². The third-order valence-electron chi connectivity index (χ3n) is 4.36. The van der Waals surface area contributed by atoms with Gasteiger partial charge in [0, 0.05) is 18.7 Å². The number of hydrogen-bond acceptors (Lipinski definition) is 6. The molecule has 28 heavy (non-hydrogen) atoms. The van der Waals surface area contributed by atoms with Crippen molar-refractivity contribution in [1.29, 1.82) is 0 Å². The Morgan fingerprint density at radius 2 is 1.96 bits per heavy atom. The number of piperidine rings is 1. The number of carbonyl (C=O) groups excluding carboxylic acids is 1. The van der Waals surface area contributed by atoms with Gasteiger partial charge in [-0.15, -0.1) is 0 Å². The van der Waals surface area contributed by atoms with Gasteiger partial charge in [0.25, 0.3) is 6.02 Å². The highest BCUT2D eigenvalue weighted by atomic mass is 19.4. The lowest BCUT2D eigenvalue weighted by atomic mass is 10.1. The summed E-state index contributed by atoms with van der Waals surface area (Å²) in [4.78, 5) is 20.9. The third-order valence-corrected chi connectivity index (χ3v) is 4.36. The number of benzene rings is 1. The van der Waals surface area contributed by atoms with Crippen molar-refractivity contribution in [3.63, 3.8) is 0 Å². The minimum Gasteiger partial charge on any atom is -0.462 e. The van der Waals surface area contributed by atoms with E-state index < -0.39 is 29.5 Å². The van der Waals surface area contributed by atoms with Crippen LogP contribution in [-0.4, -0.2) is 54.3 Å². The summed E-state index contributed by atoms with van der Waals surface area (Å²) in [6.45, 7) is 1.95. The molecule has 1 aromatic carbocycles. The van der Waals surface area contributed by atoms with E-state index in [1.807, 2.05) is 0 Å². The van der Waals surface area contributed by atoms with Gasteiger partial charge < -0.3 is 14.4 Å². The number of nitrogens with zero attached hydrogens (tertiary/aromatic N) is 3. The van der Waals surface area contributed by atoms with Crippen LogP contribution in [-0.2, 0) is 14.3 Å². The number of amidine groups is 1. The van der Waals surface area contributed by atoms with Crippen LogP contribution in [0, 0.1) is 5.82 Å². The number of alkyl halides is 3. The number of carbonyl (C=O) groups is 1. The summed E-state index contributed by atoms with van der Waals surface area (Å²) in [5.41, 5.74) is -3.54. The lowest BCUT2D eigenvalue weighted by molar-refractivity contribution is -0.204. The topological polar surface area (TPSA) is 63.5 Å². The summed E-state index contributed by atoms with van der Waals surface area (Å²) in [7, 11) is 0. The van der Waals surface area contributed by atoms with E-state index in [9.17, 15) is 22.4 Å². The molecule has 0 aromatic heterocycles. The Morgan fingerprint density at radius 1 is 1.25 bits per heavy atom. The van der Waals surface area contributed by atoms with E-state index in [4.69, 9.17) is 4.74 Å². The molecule has 2 aliphatic rings. The molecule has 0 saturated carbocycles. The maximum absolute atomic E-state index is 14.0. The Labute approximate surface area is 158 Å². The maximum Gasteiger partial charge on any atom is 0.446 e. The Morgan fingerprint density at radius 3 is 2.57 bits per heavy atom. The van der Waals surface area contributed by atoms with Gasteiger partial charge in [-0.3, -0.25) is 0 Å². The SMILES string of the molecule is CCOC(=O)[C@]1(C(F)(F)F)N=C(c2cccc(F)c2)OC(N2CCCCC2)=N1. The molecule has 0 amide bonds. The zero-order valence-corrected chi connectivity index (χ0v) is 15.1. The molecule has 1 aromatic rings. The second-order valence-corrected chi connectivity index (χ2v) is 6.36. The first kappa shape index (κ1) is 20.1. The molecule has 0 spiro atoms. The smallest absolute Gasteiger partial charge is 0.446 e. The minimum absolute atomic E-state index is 0.0395. The molecular formula is C18H19F4N3O3. The van der Waals surface area contributed by atoms with E-state index in [1.54, 1.807) is 0 Å². The maximum atomic E-state index is 14.0. The predicted octanol–water partition coefficient (Wildman–Crippen LogP) is 3.27. The largest absolute Gasteiger partial charge is 0.462 e. The van der Waals surface area contributed by atoms with Crippen molar-refractivity contribution in [2.45, 2.75) is 38.0 Å². The van der Waals surface area contributed by atoms with E-state index >= 15 is 0 Å². The first-order valence-electron chi connectivity index (χ1n) is 8.89. The van der Waals surface area contributed by atoms with Crippen LogP contribution >= 0.6 is 0 Å². The molecule has 6 nitrogen and oxygen atoms in total. The summed E-state index contributed by atoms with van der Waals surface area (Å²) in [5.74, 6) is -2.88.